The first-order valence-corrected chi connectivity index (χ1v) is 6.83. The van der Waals surface area contributed by atoms with Crippen molar-refractivity contribution >= 4 is 32.6 Å². The van der Waals surface area contributed by atoms with Gasteiger partial charge in [-0.25, -0.2) is 4.98 Å². The zero-order valence-corrected chi connectivity index (χ0v) is 11.3. The van der Waals surface area contributed by atoms with Gasteiger partial charge in [-0.2, -0.15) is 0 Å². The summed E-state index contributed by atoms with van der Waals surface area (Å²) in [7, 11) is 1.69. The highest BCUT2D eigenvalue weighted by atomic mass is 32.1. The second-order valence-electron chi connectivity index (χ2n) is 4.68. The summed E-state index contributed by atoms with van der Waals surface area (Å²) in [5.41, 5.74) is 2.30. The molecule has 0 radical (unpaired) electrons. The molecule has 0 unspecified atom stereocenters. The minimum atomic E-state index is 0.115. The molecule has 1 aromatic carbocycles. The fourth-order valence-corrected chi connectivity index (χ4v) is 3.24. The van der Waals surface area contributed by atoms with Crippen LogP contribution in [0.3, 0.4) is 0 Å². The number of nitrogens with zero attached hydrogens (tertiary/aromatic N) is 2. The second kappa shape index (κ2) is 4.24. The summed E-state index contributed by atoms with van der Waals surface area (Å²) in [4.78, 5) is 18.2. The first-order chi connectivity index (χ1) is 8.67. The van der Waals surface area contributed by atoms with Crippen LogP contribution in [-0.4, -0.2) is 31.0 Å². The lowest BCUT2D eigenvalue weighted by atomic mass is 10.0. The van der Waals surface area contributed by atoms with E-state index in [1.54, 1.807) is 18.4 Å². The van der Waals surface area contributed by atoms with Crippen LogP contribution in [0.15, 0.2) is 18.2 Å². The Hall–Kier alpha value is -1.62. The number of anilines is 1. The van der Waals surface area contributed by atoms with Crippen molar-refractivity contribution in [2.24, 2.45) is 5.92 Å². The molecule has 1 aliphatic rings. The number of aryl methyl sites for hydroxylation is 1. The Kier molecular flexibility index (Phi) is 2.70. The quantitative estimate of drug-likeness (QED) is 0.896. The van der Waals surface area contributed by atoms with Gasteiger partial charge in [0.05, 0.1) is 16.1 Å². The molecule has 3 rings (SSSR count). The molecule has 4 nitrogen and oxygen atoms in total. The lowest BCUT2D eigenvalue weighted by Gasteiger charge is -2.37. The number of benzene rings is 1. The van der Waals surface area contributed by atoms with Gasteiger partial charge in [-0.1, -0.05) is 17.4 Å². The summed E-state index contributed by atoms with van der Waals surface area (Å²) in [6.45, 7) is 3.64. The molecular weight excluding hydrogens is 246 g/mol. The van der Waals surface area contributed by atoms with E-state index in [0.29, 0.717) is 0 Å². The van der Waals surface area contributed by atoms with Crippen molar-refractivity contribution in [2.45, 2.75) is 6.92 Å². The van der Waals surface area contributed by atoms with Crippen LogP contribution >= 0.6 is 11.3 Å². The van der Waals surface area contributed by atoms with Crippen LogP contribution in [0.4, 0.5) is 5.13 Å². The van der Waals surface area contributed by atoms with E-state index < -0.39 is 0 Å². The second-order valence-corrected chi connectivity index (χ2v) is 5.69. The highest BCUT2D eigenvalue weighted by molar-refractivity contribution is 7.22. The number of hydrogen-bond acceptors (Lipinski definition) is 4. The topological polar surface area (TPSA) is 45.2 Å². The maximum atomic E-state index is 11.4. The number of amides is 1. The van der Waals surface area contributed by atoms with E-state index in [9.17, 15) is 4.79 Å². The zero-order chi connectivity index (χ0) is 12.7. The van der Waals surface area contributed by atoms with Gasteiger partial charge in [0.15, 0.2) is 5.13 Å². The van der Waals surface area contributed by atoms with Gasteiger partial charge in [0.1, 0.15) is 0 Å². The third kappa shape index (κ3) is 1.84. The number of nitrogens with one attached hydrogen (secondary N) is 1. The summed E-state index contributed by atoms with van der Waals surface area (Å²) in [5.74, 6) is 0.243. The smallest absolute Gasteiger partial charge is 0.226 e. The predicted molar refractivity (Wildman–Crippen MR) is 74.1 cm³/mol. The highest BCUT2D eigenvalue weighted by Crippen LogP contribution is 2.33. The predicted octanol–water partition coefficient (Wildman–Crippen LogP) is 1.79. The number of carbonyl (C=O) groups excluding carboxylic acids is 1. The Morgan fingerprint density at radius 3 is 3.00 bits per heavy atom. The summed E-state index contributed by atoms with van der Waals surface area (Å²) >= 11 is 1.70. The lowest BCUT2D eigenvalue weighted by Crippen LogP contribution is -2.53. The van der Waals surface area contributed by atoms with Crippen LogP contribution < -0.4 is 10.2 Å². The monoisotopic (exact) mass is 261 g/mol. The fourth-order valence-electron chi connectivity index (χ4n) is 2.16. The SMILES string of the molecule is CNC(=O)C1CN(c2nc3ccc(C)cc3s2)C1. The minimum Gasteiger partial charge on any atom is -0.359 e. The molecule has 2 heterocycles. The number of hydrogen-bond donors (Lipinski definition) is 1. The summed E-state index contributed by atoms with van der Waals surface area (Å²) in [6.07, 6.45) is 0. The summed E-state index contributed by atoms with van der Waals surface area (Å²) < 4.78 is 1.22. The van der Waals surface area contributed by atoms with Gasteiger partial charge in [-0.15, -0.1) is 0 Å². The van der Waals surface area contributed by atoms with Gasteiger partial charge in [0.2, 0.25) is 5.91 Å². The van der Waals surface area contributed by atoms with Crippen LogP contribution in [0.5, 0.6) is 0 Å². The average Bonchev–Trinajstić information content (AvgIpc) is 2.69. The van der Waals surface area contributed by atoms with Crippen LogP contribution in [0, 0.1) is 12.8 Å². The van der Waals surface area contributed by atoms with Gasteiger partial charge in [-0.05, 0) is 24.6 Å². The molecule has 94 valence electrons. The zero-order valence-electron chi connectivity index (χ0n) is 10.4. The fraction of sp³-hybridized carbons (Fsp3) is 0.385. The molecule has 1 fully saturated rings. The van der Waals surface area contributed by atoms with Crippen molar-refractivity contribution < 1.29 is 4.79 Å². The Bertz CT molecular complexity index is 601. The number of rotatable bonds is 2. The highest BCUT2D eigenvalue weighted by Gasteiger charge is 2.33. The van der Waals surface area contributed by atoms with Gasteiger partial charge in [-0.3, -0.25) is 4.79 Å². The van der Waals surface area contributed by atoms with Crippen LogP contribution in [-0.2, 0) is 4.79 Å². The molecule has 1 aliphatic heterocycles. The van der Waals surface area contributed by atoms with Crippen LogP contribution in [0.1, 0.15) is 5.56 Å². The minimum absolute atomic E-state index is 0.115. The van der Waals surface area contributed by atoms with E-state index in [0.717, 1.165) is 23.7 Å². The van der Waals surface area contributed by atoms with Crippen LogP contribution in [0.2, 0.25) is 0 Å². The third-order valence-corrected chi connectivity index (χ3v) is 4.38. The van der Waals surface area contributed by atoms with E-state index in [1.165, 1.54) is 10.3 Å². The molecule has 2 aromatic rings. The van der Waals surface area contributed by atoms with Gasteiger partial charge < -0.3 is 10.2 Å². The van der Waals surface area contributed by atoms with Crippen molar-refractivity contribution in [3.8, 4) is 0 Å². The van der Waals surface area contributed by atoms with Crippen molar-refractivity contribution in [3.05, 3.63) is 23.8 Å². The molecule has 0 atom stereocenters. The van der Waals surface area contributed by atoms with E-state index in [1.807, 2.05) is 0 Å². The molecule has 1 aromatic heterocycles. The summed E-state index contributed by atoms with van der Waals surface area (Å²) in [5, 5.41) is 3.71. The Morgan fingerprint density at radius 2 is 2.28 bits per heavy atom. The molecule has 0 saturated carbocycles. The van der Waals surface area contributed by atoms with E-state index in [-0.39, 0.29) is 11.8 Å². The molecule has 1 saturated heterocycles. The third-order valence-electron chi connectivity index (χ3n) is 3.30. The van der Waals surface area contributed by atoms with Crippen molar-refractivity contribution in [3.63, 3.8) is 0 Å². The van der Waals surface area contributed by atoms with E-state index in [4.69, 9.17) is 0 Å². The standard InChI is InChI=1S/C13H15N3OS/c1-8-3-4-10-11(5-8)18-13(15-10)16-6-9(7-16)12(17)14-2/h3-5,9H,6-7H2,1-2H3,(H,14,17). The number of thiazole rings is 1. The summed E-state index contributed by atoms with van der Waals surface area (Å²) in [6, 6.07) is 6.29. The normalized spacial score (nSPS) is 15.8. The molecule has 18 heavy (non-hydrogen) atoms. The number of fused-ring (bicyclic) bond motifs is 1. The van der Waals surface area contributed by atoms with Crippen molar-refractivity contribution in [1.29, 1.82) is 0 Å². The van der Waals surface area contributed by atoms with Gasteiger partial charge >= 0.3 is 0 Å². The molecule has 5 heteroatoms. The molecule has 0 aliphatic carbocycles. The molecule has 1 N–H and O–H groups in total. The molecule has 1 amide bonds. The Morgan fingerprint density at radius 1 is 1.50 bits per heavy atom. The lowest BCUT2D eigenvalue weighted by molar-refractivity contribution is -0.125. The van der Waals surface area contributed by atoms with E-state index >= 15 is 0 Å². The first kappa shape index (κ1) is 11.5. The van der Waals surface area contributed by atoms with Gasteiger partial charge in [0, 0.05) is 20.1 Å². The molecule has 0 spiro atoms. The maximum absolute atomic E-state index is 11.4. The molecule has 0 bridgehead atoms. The Balaban J connectivity index is 1.79. The maximum Gasteiger partial charge on any atom is 0.226 e. The Labute approximate surface area is 110 Å². The number of aromatic nitrogens is 1. The largest absolute Gasteiger partial charge is 0.359 e. The first-order valence-electron chi connectivity index (χ1n) is 6.01. The van der Waals surface area contributed by atoms with Crippen molar-refractivity contribution in [1.82, 2.24) is 10.3 Å². The van der Waals surface area contributed by atoms with Gasteiger partial charge in [0.25, 0.3) is 0 Å². The van der Waals surface area contributed by atoms with Crippen LogP contribution in [0.25, 0.3) is 10.2 Å². The number of carbonyl (C=O) groups is 1. The van der Waals surface area contributed by atoms with E-state index in [2.05, 4.69) is 40.3 Å². The molecular formula is C13H15N3OS. The van der Waals surface area contributed by atoms with Crippen molar-refractivity contribution in [2.75, 3.05) is 25.0 Å². The average molecular weight is 261 g/mol.